The number of benzene rings is 2. The van der Waals surface area contributed by atoms with Gasteiger partial charge in [0.2, 0.25) is 0 Å². The van der Waals surface area contributed by atoms with Crippen LogP contribution in [0.15, 0.2) is 46.5 Å². The van der Waals surface area contributed by atoms with E-state index in [-0.39, 0.29) is 48.3 Å². The van der Waals surface area contributed by atoms with Crippen molar-refractivity contribution >= 4 is 47.2 Å². The first kappa shape index (κ1) is 30.0. The zero-order valence-corrected chi connectivity index (χ0v) is 26.3. The number of fused-ring (bicyclic) bond motifs is 4. The molecule has 2 amide bonds. The van der Waals surface area contributed by atoms with Crippen LogP contribution in [0.3, 0.4) is 0 Å². The van der Waals surface area contributed by atoms with E-state index < -0.39 is 12.1 Å². The molecule has 5 aliphatic heterocycles. The standard InChI is InChI=1S/C35H37N5O6/c1-38-28(30(41)14-20-12-26-24(16-32(20)45-2)34(43)39-10-4-6-22(39)18-36-26)8-9-29(38)31(42)15-21-13-27-25(17-33(21)46-3)35(44)40-11-5-7-23(40)19-37-27/h4,10,12-13,16-19,22-23,28-29H,5-9,11,14-15H2,1-3H3/t22-,23-,28?,29?/m0/s1. The minimum atomic E-state index is -0.442. The van der Waals surface area contributed by atoms with Crippen LogP contribution >= 0.6 is 0 Å². The molecule has 0 aliphatic carbocycles. The Labute approximate surface area is 267 Å². The molecule has 0 N–H and O–H groups in total. The number of hydrogen-bond acceptors (Lipinski definition) is 9. The highest BCUT2D eigenvalue weighted by atomic mass is 16.5. The summed E-state index contributed by atoms with van der Waals surface area (Å²) >= 11 is 0. The Morgan fingerprint density at radius 3 is 1.96 bits per heavy atom. The number of ether oxygens (including phenoxy) is 2. The molecule has 0 aromatic heterocycles. The van der Waals surface area contributed by atoms with Crippen LogP contribution < -0.4 is 9.47 Å². The maximum Gasteiger partial charge on any atom is 0.260 e. The average Bonchev–Trinajstić information content (AvgIpc) is 3.79. The van der Waals surface area contributed by atoms with E-state index in [9.17, 15) is 19.2 Å². The lowest BCUT2D eigenvalue weighted by atomic mass is 9.98. The molecule has 0 spiro atoms. The molecular formula is C35H37N5O6. The number of carbonyl (C=O) groups is 4. The van der Waals surface area contributed by atoms with E-state index in [4.69, 9.17) is 9.47 Å². The van der Waals surface area contributed by atoms with Gasteiger partial charge in [-0.1, -0.05) is 6.08 Å². The van der Waals surface area contributed by atoms with Crippen molar-refractivity contribution in [2.45, 2.75) is 69.1 Å². The van der Waals surface area contributed by atoms with Crippen LogP contribution in [0.5, 0.6) is 11.5 Å². The first-order valence-corrected chi connectivity index (χ1v) is 15.8. The van der Waals surface area contributed by atoms with E-state index >= 15 is 0 Å². The molecule has 5 aliphatic rings. The largest absolute Gasteiger partial charge is 0.496 e. The van der Waals surface area contributed by atoms with Gasteiger partial charge in [-0.05, 0) is 63.4 Å². The quantitative estimate of drug-likeness (QED) is 0.438. The summed E-state index contributed by atoms with van der Waals surface area (Å²) in [5.41, 5.74) is 3.31. The van der Waals surface area contributed by atoms with E-state index in [1.54, 1.807) is 41.6 Å². The fraction of sp³-hybridized carbons (Fsp3) is 0.429. The molecule has 2 unspecified atom stereocenters. The molecule has 2 saturated heterocycles. The lowest BCUT2D eigenvalue weighted by Crippen LogP contribution is -2.42. The van der Waals surface area contributed by atoms with Crippen LogP contribution in [0.1, 0.15) is 63.9 Å². The predicted octanol–water partition coefficient (Wildman–Crippen LogP) is 3.85. The van der Waals surface area contributed by atoms with Crippen LogP contribution in [-0.2, 0) is 22.4 Å². The Bertz CT molecular complexity index is 1730. The molecule has 2 aromatic rings. The van der Waals surface area contributed by atoms with Gasteiger partial charge in [0.1, 0.15) is 11.5 Å². The van der Waals surface area contributed by atoms with Crippen LogP contribution in [0.25, 0.3) is 0 Å². The van der Waals surface area contributed by atoms with Crippen molar-refractivity contribution in [3.05, 3.63) is 58.8 Å². The summed E-state index contributed by atoms with van der Waals surface area (Å²) in [4.78, 5) is 68.4. The third kappa shape index (κ3) is 5.12. The van der Waals surface area contributed by atoms with Crippen LogP contribution in [-0.4, -0.2) is 102 Å². The summed E-state index contributed by atoms with van der Waals surface area (Å²) in [5, 5.41) is 0. The number of ketones is 2. The Hall–Kier alpha value is -4.64. The lowest BCUT2D eigenvalue weighted by Gasteiger charge is -2.25. The van der Waals surface area contributed by atoms with Crippen molar-refractivity contribution in [3.8, 4) is 11.5 Å². The number of carbonyl (C=O) groups excluding carboxylic acids is 4. The van der Waals surface area contributed by atoms with E-state index in [0.29, 0.717) is 70.9 Å². The van der Waals surface area contributed by atoms with Crippen molar-refractivity contribution in [1.29, 1.82) is 0 Å². The number of nitrogens with zero attached hydrogens (tertiary/aromatic N) is 5. The normalized spacial score (nSPS) is 24.8. The highest BCUT2D eigenvalue weighted by Crippen LogP contribution is 2.37. The molecule has 2 fully saturated rings. The zero-order valence-electron chi connectivity index (χ0n) is 26.3. The summed E-state index contributed by atoms with van der Waals surface area (Å²) < 4.78 is 11.3. The second kappa shape index (κ2) is 11.9. The third-order valence-electron chi connectivity index (χ3n) is 9.99. The number of likely N-dealkylation sites (N-methyl/N-ethyl adjacent to an activating group) is 1. The highest BCUT2D eigenvalue weighted by Gasteiger charge is 2.40. The number of Topliss-reactive ketones (excluding diaryl/α,β-unsaturated/α-hetero) is 2. The van der Waals surface area contributed by atoms with E-state index in [0.717, 1.165) is 12.8 Å². The van der Waals surface area contributed by atoms with Crippen molar-refractivity contribution < 1.29 is 28.7 Å². The van der Waals surface area contributed by atoms with Gasteiger partial charge in [0.05, 0.1) is 60.9 Å². The topological polar surface area (TPSA) is 121 Å². The fourth-order valence-electron chi connectivity index (χ4n) is 7.48. The average molecular weight is 624 g/mol. The van der Waals surface area contributed by atoms with Gasteiger partial charge in [0, 0.05) is 49.1 Å². The third-order valence-corrected chi connectivity index (χ3v) is 9.99. The molecule has 2 aromatic carbocycles. The molecule has 5 heterocycles. The number of amides is 2. The van der Waals surface area contributed by atoms with Crippen LogP contribution in [0, 0.1) is 0 Å². The monoisotopic (exact) mass is 623 g/mol. The van der Waals surface area contributed by atoms with Gasteiger partial charge in [-0.15, -0.1) is 0 Å². The van der Waals surface area contributed by atoms with Crippen molar-refractivity contribution in [2.75, 3.05) is 27.8 Å². The molecule has 0 bridgehead atoms. The molecular weight excluding hydrogens is 586 g/mol. The summed E-state index contributed by atoms with van der Waals surface area (Å²) in [7, 11) is 4.88. The van der Waals surface area contributed by atoms with Crippen molar-refractivity contribution in [2.24, 2.45) is 9.98 Å². The Balaban J connectivity index is 1.06. The minimum Gasteiger partial charge on any atom is -0.496 e. The van der Waals surface area contributed by atoms with Crippen molar-refractivity contribution in [1.82, 2.24) is 14.7 Å². The highest BCUT2D eigenvalue weighted by molar-refractivity contribution is 6.05. The Kier molecular flexibility index (Phi) is 7.80. The summed E-state index contributed by atoms with van der Waals surface area (Å²) in [6, 6.07) is 5.93. The van der Waals surface area contributed by atoms with Crippen LogP contribution in [0.2, 0.25) is 0 Å². The molecule has 7 rings (SSSR count). The zero-order chi connectivity index (χ0) is 32.1. The first-order chi connectivity index (χ1) is 22.3. The van der Waals surface area contributed by atoms with Gasteiger partial charge in [-0.2, -0.15) is 0 Å². The minimum absolute atomic E-state index is 0.00583. The number of hydrogen-bond donors (Lipinski definition) is 0. The first-order valence-electron chi connectivity index (χ1n) is 15.8. The maximum absolute atomic E-state index is 13.7. The van der Waals surface area contributed by atoms with E-state index in [1.165, 1.54) is 14.2 Å². The molecule has 238 valence electrons. The van der Waals surface area contributed by atoms with Crippen LogP contribution in [0.4, 0.5) is 11.4 Å². The molecule has 0 saturated carbocycles. The molecule has 11 heteroatoms. The predicted molar refractivity (Wildman–Crippen MR) is 172 cm³/mol. The Morgan fingerprint density at radius 2 is 1.37 bits per heavy atom. The van der Waals surface area contributed by atoms with Gasteiger partial charge in [-0.3, -0.25) is 34.1 Å². The molecule has 11 nitrogen and oxygen atoms in total. The lowest BCUT2D eigenvalue weighted by molar-refractivity contribution is -0.125. The summed E-state index contributed by atoms with van der Waals surface area (Å²) in [6.07, 6.45) is 11.2. The number of likely N-dealkylation sites (tertiary alicyclic amines) is 1. The van der Waals surface area contributed by atoms with E-state index in [2.05, 4.69) is 9.98 Å². The second-order valence-corrected chi connectivity index (χ2v) is 12.6. The Morgan fingerprint density at radius 1 is 0.804 bits per heavy atom. The van der Waals surface area contributed by atoms with E-state index in [1.807, 2.05) is 29.1 Å². The van der Waals surface area contributed by atoms with Gasteiger partial charge >= 0.3 is 0 Å². The summed E-state index contributed by atoms with van der Waals surface area (Å²) in [6.45, 7) is 0.704. The molecule has 46 heavy (non-hydrogen) atoms. The van der Waals surface area contributed by atoms with Gasteiger partial charge in [-0.25, -0.2) is 0 Å². The summed E-state index contributed by atoms with van der Waals surface area (Å²) in [5.74, 6) is 0.677. The maximum atomic E-state index is 13.7. The van der Waals surface area contributed by atoms with Gasteiger partial charge < -0.3 is 19.3 Å². The van der Waals surface area contributed by atoms with Crippen molar-refractivity contribution in [3.63, 3.8) is 0 Å². The number of aliphatic imine (C=N–C) groups is 2. The molecule has 4 atom stereocenters. The number of methoxy groups -OCH3 is 2. The SMILES string of the molecule is COc1cc2c(cc1CC(=O)C1CCC(C(=O)Cc3cc4c(cc3OC)C(=O)N3CCC[C@H]3C=N4)N1C)N=C[C@@H]1CC=CN1C2=O. The second-order valence-electron chi connectivity index (χ2n) is 12.6. The van der Waals surface area contributed by atoms with Gasteiger partial charge in [0.25, 0.3) is 11.8 Å². The molecule has 0 radical (unpaired) electrons. The van der Waals surface area contributed by atoms with Gasteiger partial charge in [0.15, 0.2) is 11.6 Å². The number of rotatable bonds is 8. The fourth-order valence-corrected chi connectivity index (χ4v) is 7.48. The smallest absolute Gasteiger partial charge is 0.260 e.